The fourth-order valence-electron chi connectivity index (χ4n) is 1.46. The zero-order chi connectivity index (χ0) is 13.1. The van der Waals surface area contributed by atoms with Gasteiger partial charge < -0.3 is 5.32 Å². The quantitative estimate of drug-likeness (QED) is 0.820. The van der Waals surface area contributed by atoms with Crippen LogP contribution in [0.4, 0.5) is 11.4 Å². The Morgan fingerprint density at radius 2 is 1.78 bits per heavy atom. The van der Waals surface area contributed by atoms with Crippen molar-refractivity contribution in [2.45, 2.75) is 0 Å². The first-order valence-electron chi connectivity index (χ1n) is 5.02. The molecular weight excluding hydrogens is 291 g/mol. The number of anilines is 2. The maximum absolute atomic E-state index is 9.02. The van der Waals surface area contributed by atoms with Gasteiger partial charge in [-0.3, -0.25) is 0 Å². The van der Waals surface area contributed by atoms with Crippen molar-refractivity contribution in [3.63, 3.8) is 0 Å². The van der Waals surface area contributed by atoms with Crippen molar-refractivity contribution in [3.05, 3.63) is 57.0 Å². The van der Waals surface area contributed by atoms with E-state index in [0.29, 0.717) is 32.0 Å². The molecule has 0 radical (unpaired) electrons. The molecule has 18 heavy (non-hydrogen) atoms. The Balaban J connectivity index is 2.43. The van der Waals surface area contributed by atoms with Crippen LogP contribution >= 0.6 is 34.8 Å². The third-order valence-corrected chi connectivity index (χ3v) is 3.38. The smallest absolute Gasteiger partial charge is 0.101 e. The normalized spacial score (nSPS) is 9.89. The van der Waals surface area contributed by atoms with Gasteiger partial charge in [0, 0.05) is 5.02 Å². The Hall–Kier alpha value is -1.40. The molecule has 1 N–H and O–H groups in total. The Kier molecular flexibility index (Phi) is 3.98. The molecule has 2 aromatic carbocycles. The minimum atomic E-state index is 0.406. The largest absolute Gasteiger partial charge is 0.353 e. The van der Waals surface area contributed by atoms with Gasteiger partial charge in [-0.15, -0.1) is 0 Å². The monoisotopic (exact) mass is 296 g/mol. The highest BCUT2D eigenvalue weighted by molar-refractivity contribution is 6.43. The number of halogens is 3. The summed E-state index contributed by atoms with van der Waals surface area (Å²) >= 11 is 17.9. The van der Waals surface area contributed by atoms with E-state index in [1.807, 2.05) is 0 Å². The van der Waals surface area contributed by atoms with E-state index in [-0.39, 0.29) is 0 Å². The number of benzene rings is 2. The van der Waals surface area contributed by atoms with E-state index in [1.54, 1.807) is 36.4 Å². The number of hydrogen-bond acceptors (Lipinski definition) is 2. The second kappa shape index (κ2) is 5.49. The first kappa shape index (κ1) is 13.0. The SMILES string of the molecule is N#Cc1ccc(Cl)cc1Nc1cccc(Cl)c1Cl. The van der Waals surface area contributed by atoms with Crippen LogP contribution in [0.2, 0.25) is 15.1 Å². The first-order valence-corrected chi connectivity index (χ1v) is 6.16. The van der Waals surface area contributed by atoms with Crippen LogP contribution in [0.15, 0.2) is 36.4 Å². The van der Waals surface area contributed by atoms with Crippen LogP contribution in [0.5, 0.6) is 0 Å². The third kappa shape index (κ3) is 2.70. The standard InChI is InChI=1S/C13H7Cl3N2/c14-9-5-4-8(7-17)12(6-9)18-11-3-1-2-10(15)13(11)16/h1-6,18H. The van der Waals surface area contributed by atoms with Gasteiger partial charge in [-0.25, -0.2) is 0 Å². The average molecular weight is 298 g/mol. The molecule has 0 aliphatic carbocycles. The van der Waals surface area contributed by atoms with Crippen LogP contribution in [0.1, 0.15) is 5.56 Å². The van der Waals surface area contributed by atoms with Gasteiger partial charge in [0.1, 0.15) is 6.07 Å². The zero-order valence-corrected chi connectivity index (χ0v) is 11.3. The maximum Gasteiger partial charge on any atom is 0.101 e. The molecule has 2 rings (SSSR count). The van der Waals surface area contributed by atoms with Crippen molar-refractivity contribution in [2.75, 3.05) is 5.32 Å². The molecule has 0 aliphatic rings. The number of nitrogens with one attached hydrogen (secondary N) is 1. The van der Waals surface area contributed by atoms with E-state index in [1.165, 1.54) is 0 Å². The van der Waals surface area contributed by atoms with Crippen LogP contribution in [-0.4, -0.2) is 0 Å². The topological polar surface area (TPSA) is 35.8 Å². The van der Waals surface area contributed by atoms with Gasteiger partial charge in [0.2, 0.25) is 0 Å². The first-order chi connectivity index (χ1) is 8.61. The lowest BCUT2D eigenvalue weighted by Crippen LogP contribution is -1.94. The van der Waals surface area contributed by atoms with Crippen molar-refractivity contribution >= 4 is 46.2 Å². The van der Waals surface area contributed by atoms with Crippen LogP contribution < -0.4 is 5.32 Å². The Labute approximate surface area is 120 Å². The number of nitriles is 1. The summed E-state index contributed by atoms with van der Waals surface area (Å²) < 4.78 is 0. The van der Waals surface area contributed by atoms with E-state index in [0.717, 1.165) is 0 Å². The molecule has 0 saturated heterocycles. The van der Waals surface area contributed by atoms with Gasteiger partial charge in [-0.1, -0.05) is 40.9 Å². The second-order valence-corrected chi connectivity index (χ2v) is 4.75. The highest BCUT2D eigenvalue weighted by atomic mass is 35.5. The summed E-state index contributed by atoms with van der Waals surface area (Å²) in [4.78, 5) is 0. The molecule has 2 aromatic rings. The number of rotatable bonds is 2. The molecule has 0 heterocycles. The summed E-state index contributed by atoms with van der Waals surface area (Å²) in [7, 11) is 0. The van der Waals surface area contributed by atoms with Crippen LogP contribution in [0.25, 0.3) is 0 Å². The fraction of sp³-hybridized carbons (Fsp3) is 0. The summed E-state index contributed by atoms with van der Waals surface area (Å²) in [5.74, 6) is 0. The molecule has 0 bridgehead atoms. The van der Waals surface area contributed by atoms with E-state index >= 15 is 0 Å². The van der Waals surface area contributed by atoms with E-state index in [4.69, 9.17) is 40.1 Å². The lowest BCUT2D eigenvalue weighted by atomic mass is 10.2. The predicted molar refractivity (Wildman–Crippen MR) is 75.9 cm³/mol. The highest BCUT2D eigenvalue weighted by Gasteiger charge is 2.08. The molecule has 0 fully saturated rings. The van der Waals surface area contributed by atoms with Gasteiger partial charge in [0.25, 0.3) is 0 Å². The molecule has 0 aromatic heterocycles. The fourth-order valence-corrected chi connectivity index (χ4v) is 1.98. The lowest BCUT2D eigenvalue weighted by molar-refractivity contribution is 1.46. The van der Waals surface area contributed by atoms with Gasteiger partial charge in [-0.05, 0) is 30.3 Å². The summed E-state index contributed by atoms with van der Waals surface area (Å²) in [6.45, 7) is 0. The molecule has 2 nitrogen and oxygen atoms in total. The minimum absolute atomic E-state index is 0.406. The van der Waals surface area contributed by atoms with Crippen molar-refractivity contribution in [1.82, 2.24) is 0 Å². The van der Waals surface area contributed by atoms with Crippen molar-refractivity contribution < 1.29 is 0 Å². The summed E-state index contributed by atoms with van der Waals surface area (Å²) in [6, 6.07) is 12.3. The van der Waals surface area contributed by atoms with Crippen molar-refractivity contribution in [2.24, 2.45) is 0 Å². The number of hydrogen-bond donors (Lipinski definition) is 1. The van der Waals surface area contributed by atoms with Gasteiger partial charge >= 0.3 is 0 Å². The Bertz CT molecular complexity index is 633. The molecule has 0 saturated carbocycles. The van der Waals surface area contributed by atoms with Crippen LogP contribution in [0, 0.1) is 11.3 Å². The Morgan fingerprint density at radius 3 is 2.50 bits per heavy atom. The molecule has 0 atom stereocenters. The molecule has 90 valence electrons. The van der Waals surface area contributed by atoms with E-state index < -0.39 is 0 Å². The average Bonchev–Trinajstić information content (AvgIpc) is 2.35. The summed E-state index contributed by atoms with van der Waals surface area (Å²) in [5, 5.41) is 13.5. The lowest BCUT2D eigenvalue weighted by Gasteiger charge is -2.11. The molecule has 0 aliphatic heterocycles. The predicted octanol–water partition coefficient (Wildman–Crippen LogP) is 5.26. The van der Waals surface area contributed by atoms with Crippen LogP contribution in [0.3, 0.4) is 0 Å². The Morgan fingerprint density at radius 1 is 1.00 bits per heavy atom. The van der Waals surface area contributed by atoms with E-state index in [2.05, 4.69) is 11.4 Å². The zero-order valence-electron chi connectivity index (χ0n) is 9.05. The molecule has 0 unspecified atom stereocenters. The molecule has 0 spiro atoms. The molecule has 0 amide bonds. The summed E-state index contributed by atoms with van der Waals surface area (Å²) in [6.07, 6.45) is 0. The van der Waals surface area contributed by atoms with Crippen molar-refractivity contribution in [1.29, 1.82) is 5.26 Å². The van der Waals surface area contributed by atoms with Crippen molar-refractivity contribution in [3.8, 4) is 6.07 Å². The van der Waals surface area contributed by atoms with Crippen LogP contribution in [-0.2, 0) is 0 Å². The maximum atomic E-state index is 9.02. The van der Waals surface area contributed by atoms with Gasteiger partial charge in [0.05, 0.1) is 27.0 Å². The molecular formula is C13H7Cl3N2. The third-order valence-electron chi connectivity index (χ3n) is 2.32. The number of nitrogens with zero attached hydrogens (tertiary/aromatic N) is 1. The van der Waals surface area contributed by atoms with E-state index in [9.17, 15) is 0 Å². The van der Waals surface area contributed by atoms with Gasteiger partial charge in [0.15, 0.2) is 0 Å². The van der Waals surface area contributed by atoms with Gasteiger partial charge in [-0.2, -0.15) is 5.26 Å². The minimum Gasteiger partial charge on any atom is -0.353 e. The summed E-state index contributed by atoms with van der Waals surface area (Å²) in [5.41, 5.74) is 1.70. The highest BCUT2D eigenvalue weighted by Crippen LogP contribution is 2.33. The molecule has 5 heteroatoms. The second-order valence-electron chi connectivity index (χ2n) is 3.53.